The molecule has 1 heterocycles. The van der Waals surface area contributed by atoms with E-state index in [1.807, 2.05) is 30.3 Å². The summed E-state index contributed by atoms with van der Waals surface area (Å²) in [7, 11) is 0. The van der Waals surface area contributed by atoms with Crippen LogP contribution >= 0.6 is 0 Å². The van der Waals surface area contributed by atoms with Crippen LogP contribution in [0.2, 0.25) is 0 Å². The fraction of sp³-hybridized carbons (Fsp3) is 0.462. The highest BCUT2D eigenvalue weighted by Gasteiger charge is 2.48. The number of ether oxygens (including phenoxy) is 1. The Morgan fingerprint density at radius 1 is 1.44 bits per heavy atom. The van der Waals surface area contributed by atoms with Crippen molar-refractivity contribution in [3.05, 3.63) is 35.9 Å². The second kappa shape index (κ2) is 4.26. The van der Waals surface area contributed by atoms with Gasteiger partial charge in [0.05, 0.1) is 12.7 Å². The van der Waals surface area contributed by atoms with Gasteiger partial charge in [0.2, 0.25) is 0 Å². The predicted molar refractivity (Wildman–Crippen MR) is 59.8 cm³/mol. The molecule has 2 atom stereocenters. The first-order chi connectivity index (χ1) is 7.65. The van der Waals surface area contributed by atoms with Crippen molar-refractivity contribution in [1.82, 2.24) is 0 Å². The van der Waals surface area contributed by atoms with Gasteiger partial charge in [-0.1, -0.05) is 30.3 Å². The normalized spacial score (nSPS) is 26.5. The monoisotopic (exact) mass is 220 g/mol. The van der Waals surface area contributed by atoms with Crippen molar-refractivity contribution >= 4 is 5.97 Å². The van der Waals surface area contributed by atoms with E-state index in [1.165, 1.54) is 0 Å². The smallest absolute Gasteiger partial charge is 0.315 e. The van der Waals surface area contributed by atoms with E-state index in [1.54, 1.807) is 6.92 Å². The Kier molecular flexibility index (Phi) is 2.97. The van der Waals surface area contributed by atoms with Gasteiger partial charge in [-0.25, -0.2) is 0 Å². The summed E-state index contributed by atoms with van der Waals surface area (Å²) in [5.74, 6) is -0.272. The van der Waals surface area contributed by atoms with Gasteiger partial charge >= 0.3 is 5.97 Å². The summed E-state index contributed by atoms with van der Waals surface area (Å²) in [6.45, 7) is 2.08. The molecule has 0 aliphatic carbocycles. The second-order valence-electron chi connectivity index (χ2n) is 4.38. The predicted octanol–water partition coefficient (Wildman–Crippen LogP) is 1.54. The Morgan fingerprint density at radius 3 is 2.62 bits per heavy atom. The zero-order valence-electron chi connectivity index (χ0n) is 9.35. The Morgan fingerprint density at radius 2 is 2.12 bits per heavy atom. The van der Waals surface area contributed by atoms with Crippen LogP contribution < -0.4 is 0 Å². The van der Waals surface area contributed by atoms with Crippen molar-refractivity contribution in [1.29, 1.82) is 0 Å². The first-order valence-corrected chi connectivity index (χ1v) is 5.54. The van der Waals surface area contributed by atoms with Gasteiger partial charge in [-0.05, 0) is 18.9 Å². The number of aliphatic hydroxyl groups excluding tert-OH is 1. The third kappa shape index (κ3) is 1.83. The highest BCUT2D eigenvalue weighted by atomic mass is 16.5. The minimum Gasteiger partial charge on any atom is -0.465 e. The van der Waals surface area contributed by atoms with E-state index < -0.39 is 11.5 Å². The van der Waals surface area contributed by atoms with Crippen molar-refractivity contribution in [2.24, 2.45) is 5.41 Å². The number of hydrogen-bond acceptors (Lipinski definition) is 3. The summed E-state index contributed by atoms with van der Waals surface area (Å²) in [6.07, 6.45) is 0.464. The molecule has 0 unspecified atom stereocenters. The number of rotatable bonds is 3. The average molecular weight is 220 g/mol. The van der Waals surface area contributed by atoms with E-state index in [-0.39, 0.29) is 5.97 Å². The van der Waals surface area contributed by atoms with Crippen LogP contribution in [-0.2, 0) is 16.0 Å². The van der Waals surface area contributed by atoms with E-state index in [0.29, 0.717) is 19.4 Å². The Balaban J connectivity index is 2.25. The molecule has 1 aromatic rings. The van der Waals surface area contributed by atoms with Gasteiger partial charge < -0.3 is 9.84 Å². The standard InChI is InChI=1S/C13H16O3/c1-10(14)13(7-8-16-12(13)15)9-11-5-3-2-4-6-11/h2-6,10,14H,7-9H2,1H3/t10-,13-/m0/s1. The molecule has 1 saturated heterocycles. The molecule has 1 N–H and O–H groups in total. The number of benzene rings is 1. The van der Waals surface area contributed by atoms with Crippen LogP contribution in [0.5, 0.6) is 0 Å². The highest BCUT2D eigenvalue weighted by Crippen LogP contribution is 2.37. The van der Waals surface area contributed by atoms with Gasteiger partial charge in [0.15, 0.2) is 0 Å². The molecule has 0 spiro atoms. The lowest BCUT2D eigenvalue weighted by Gasteiger charge is -2.27. The number of carbonyl (C=O) groups excluding carboxylic acids is 1. The van der Waals surface area contributed by atoms with Crippen LogP contribution in [0.4, 0.5) is 0 Å². The topological polar surface area (TPSA) is 46.5 Å². The Bertz CT molecular complexity index is 372. The first kappa shape index (κ1) is 11.1. The fourth-order valence-electron chi connectivity index (χ4n) is 2.22. The van der Waals surface area contributed by atoms with Crippen LogP contribution in [0, 0.1) is 5.41 Å². The van der Waals surface area contributed by atoms with Crippen LogP contribution in [0.15, 0.2) is 30.3 Å². The molecule has 1 aliphatic rings. The van der Waals surface area contributed by atoms with E-state index in [0.717, 1.165) is 5.56 Å². The lowest BCUT2D eigenvalue weighted by molar-refractivity contribution is -0.151. The first-order valence-electron chi connectivity index (χ1n) is 5.54. The molecule has 1 aliphatic heterocycles. The second-order valence-corrected chi connectivity index (χ2v) is 4.38. The highest BCUT2D eigenvalue weighted by molar-refractivity contribution is 5.79. The fourth-order valence-corrected chi connectivity index (χ4v) is 2.22. The molecule has 1 fully saturated rings. The van der Waals surface area contributed by atoms with E-state index in [4.69, 9.17) is 4.74 Å². The van der Waals surface area contributed by atoms with Crippen molar-refractivity contribution < 1.29 is 14.6 Å². The molecule has 2 rings (SSSR count). The van der Waals surface area contributed by atoms with Crippen LogP contribution in [-0.4, -0.2) is 23.8 Å². The summed E-state index contributed by atoms with van der Waals surface area (Å²) >= 11 is 0. The SMILES string of the molecule is C[C@H](O)[C@@]1(Cc2ccccc2)CCOC1=O. The molecule has 1 aromatic carbocycles. The van der Waals surface area contributed by atoms with Gasteiger partial charge in [-0.3, -0.25) is 4.79 Å². The van der Waals surface area contributed by atoms with Crippen molar-refractivity contribution in [2.45, 2.75) is 25.9 Å². The number of hydrogen-bond donors (Lipinski definition) is 1. The largest absolute Gasteiger partial charge is 0.465 e. The maximum atomic E-state index is 11.8. The summed E-state index contributed by atoms with van der Waals surface area (Å²) in [6, 6.07) is 9.74. The molecule has 3 heteroatoms. The maximum Gasteiger partial charge on any atom is 0.315 e. The van der Waals surface area contributed by atoms with Crippen molar-refractivity contribution in [2.75, 3.05) is 6.61 Å². The van der Waals surface area contributed by atoms with E-state index >= 15 is 0 Å². The van der Waals surface area contributed by atoms with Gasteiger partial charge in [0, 0.05) is 6.42 Å². The zero-order valence-corrected chi connectivity index (χ0v) is 9.35. The maximum absolute atomic E-state index is 11.8. The van der Waals surface area contributed by atoms with Gasteiger partial charge in [0.25, 0.3) is 0 Å². The average Bonchev–Trinajstić information content (AvgIpc) is 2.63. The number of cyclic esters (lactones) is 1. The third-order valence-corrected chi connectivity index (χ3v) is 3.35. The quantitative estimate of drug-likeness (QED) is 0.786. The lowest BCUT2D eigenvalue weighted by Crippen LogP contribution is -2.39. The molecule has 0 aromatic heterocycles. The number of esters is 1. The molecule has 0 amide bonds. The summed E-state index contributed by atoms with van der Waals surface area (Å²) in [5, 5.41) is 9.83. The molecule has 16 heavy (non-hydrogen) atoms. The van der Waals surface area contributed by atoms with Gasteiger partial charge in [-0.15, -0.1) is 0 Å². The van der Waals surface area contributed by atoms with Crippen LogP contribution in [0.1, 0.15) is 18.9 Å². The minimum atomic E-state index is -0.749. The van der Waals surface area contributed by atoms with Crippen molar-refractivity contribution in [3.63, 3.8) is 0 Å². The van der Waals surface area contributed by atoms with Gasteiger partial charge in [-0.2, -0.15) is 0 Å². The third-order valence-electron chi connectivity index (χ3n) is 3.35. The summed E-state index contributed by atoms with van der Waals surface area (Å²) in [4.78, 5) is 11.8. The molecule has 0 saturated carbocycles. The van der Waals surface area contributed by atoms with Crippen molar-refractivity contribution in [3.8, 4) is 0 Å². The zero-order chi connectivity index (χ0) is 11.6. The summed E-state index contributed by atoms with van der Waals surface area (Å²) in [5.41, 5.74) is 0.309. The minimum absolute atomic E-state index is 0.272. The lowest BCUT2D eigenvalue weighted by atomic mass is 9.76. The number of aliphatic hydroxyl groups is 1. The van der Waals surface area contributed by atoms with E-state index in [2.05, 4.69) is 0 Å². The summed E-state index contributed by atoms with van der Waals surface area (Å²) < 4.78 is 5.00. The van der Waals surface area contributed by atoms with Crippen LogP contribution in [0.3, 0.4) is 0 Å². The van der Waals surface area contributed by atoms with Crippen LogP contribution in [0.25, 0.3) is 0 Å². The number of carbonyl (C=O) groups is 1. The van der Waals surface area contributed by atoms with E-state index in [9.17, 15) is 9.90 Å². The van der Waals surface area contributed by atoms with Gasteiger partial charge in [0.1, 0.15) is 5.41 Å². The molecular weight excluding hydrogens is 204 g/mol. The Hall–Kier alpha value is -1.35. The molecule has 86 valence electrons. The molecule has 3 nitrogen and oxygen atoms in total. The molecule has 0 bridgehead atoms. The molecular formula is C13H16O3. The Labute approximate surface area is 95.0 Å². The molecule has 0 radical (unpaired) electrons.